The van der Waals surface area contributed by atoms with Gasteiger partial charge in [-0.2, -0.15) is 0 Å². The van der Waals surface area contributed by atoms with E-state index in [0.717, 1.165) is 5.56 Å². The quantitative estimate of drug-likeness (QED) is 0.530. The summed E-state index contributed by atoms with van der Waals surface area (Å²) < 4.78 is 16.3. The van der Waals surface area contributed by atoms with Gasteiger partial charge in [0.1, 0.15) is 0 Å². The lowest BCUT2D eigenvalue weighted by atomic mass is 9.92. The van der Waals surface area contributed by atoms with E-state index in [1.54, 1.807) is 19.1 Å². The number of ether oxygens (including phenoxy) is 3. The van der Waals surface area contributed by atoms with E-state index in [9.17, 15) is 4.79 Å². The van der Waals surface area contributed by atoms with Gasteiger partial charge in [-0.15, -0.1) is 0 Å². The second kappa shape index (κ2) is 9.15. The first-order chi connectivity index (χ1) is 14.0. The van der Waals surface area contributed by atoms with Crippen molar-refractivity contribution in [1.29, 1.82) is 0 Å². The SMILES string of the molecule is CCOC(=O)C1=C(c2ccccc2)NC(=S)NC1c1cc(Cl)cc(OC)c1OC. The van der Waals surface area contributed by atoms with Crippen LogP contribution in [-0.4, -0.2) is 31.9 Å². The molecule has 1 aliphatic heterocycles. The molecule has 0 fully saturated rings. The van der Waals surface area contributed by atoms with E-state index in [2.05, 4.69) is 10.6 Å². The fourth-order valence-electron chi connectivity index (χ4n) is 3.23. The summed E-state index contributed by atoms with van der Waals surface area (Å²) in [5.74, 6) is 0.430. The summed E-state index contributed by atoms with van der Waals surface area (Å²) in [6.45, 7) is 1.99. The molecule has 6 nitrogen and oxygen atoms in total. The maximum absolute atomic E-state index is 13.0. The number of halogens is 1. The highest BCUT2D eigenvalue weighted by molar-refractivity contribution is 7.80. The van der Waals surface area contributed by atoms with Crippen LogP contribution in [0.1, 0.15) is 24.1 Å². The van der Waals surface area contributed by atoms with Crippen molar-refractivity contribution in [1.82, 2.24) is 10.6 Å². The molecule has 0 radical (unpaired) electrons. The van der Waals surface area contributed by atoms with Gasteiger partial charge in [0.25, 0.3) is 0 Å². The van der Waals surface area contributed by atoms with Gasteiger partial charge in [0.05, 0.1) is 38.1 Å². The molecule has 152 valence electrons. The lowest BCUT2D eigenvalue weighted by molar-refractivity contribution is -0.138. The third-order valence-corrected chi connectivity index (χ3v) is 4.85. The number of methoxy groups -OCH3 is 2. The molecule has 2 N–H and O–H groups in total. The largest absolute Gasteiger partial charge is 0.493 e. The number of carbonyl (C=O) groups is 1. The summed E-state index contributed by atoms with van der Waals surface area (Å²) in [6, 6.07) is 12.2. The second-order valence-electron chi connectivity index (χ2n) is 6.14. The number of thiocarbonyl (C=S) groups is 1. The molecule has 0 bridgehead atoms. The van der Waals surface area contributed by atoms with Crippen molar-refractivity contribution in [3.8, 4) is 11.5 Å². The summed E-state index contributed by atoms with van der Waals surface area (Å²) >= 11 is 11.7. The van der Waals surface area contributed by atoms with Gasteiger partial charge in [-0.25, -0.2) is 4.79 Å². The monoisotopic (exact) mass is 432 g/mol. The number of esters is 1. The average Bonchev–Trinajstić information content (AvgIpc) is 2.73. The molecule has 1 unspecified atom stereocenters. The number of rotatable bonds is 6. The Morgan fingerprint density at radius 2 is 1.90 bits per heavy atom. The number of nitrogens with one attached hydrogen (secondary N) is 2. The lowest BCUT2D eigenvalue weighted by Gasteiger charge is -2.32. The fourth-order valence-corrected chi connectivity index (χ4v) is 3.67. The molecule has 1 atom stereocenters. The van der Waals surface area contributed by atoms with Crippen molar-refractivity contribution in [2.75, 3.05) is 20.8 Å². The van der Waals surface area contributed by atoms with Crippen LogP contribution in [0.5, 0.6) is 11.5 Å². The molecule has 0 saturated heterocycles. The predicted molar refractivity (Wildman–Crippen MR) is 116 cm³/mol. The minimum absolute atomic E-state index is 0.234. The lowest BCUT2D eigenvalue weighted by Crippen LogP contribution is -2.45. The summed E-state index contributed by atoms with van der Waals surface area (Å²) in [7, 11) is 3.05. The van der Waals surface area contributed by atoms with Crippen molar-refractivity contribution in [2.45, 2.75) is 13.0 Å². The molecule has 0 spiro atoms. The zero-order valence-corrected chi connectivity index (χ0v) is 17.8. The van der Waals surface area contributed by atoms with E-state index in [1.165, 1.54) is 14.2 Å². The van der Waals surface area contributed by atoms with Crippen molar-refractivity contribution in [3.05, 3.63) is 64.2 Å². The molecular formula is C21H21ClN2O4S. The van der Waals surface area contributed by atoms with Crippen LogP contribution in [0.25, 0.3) is 5.70 Å². The zero-order chi connectivity index (χ0) is 21.0. The molecule has 2 aromatic carbocycles. The van der Waals surface area contributed by atoms with Crippen molar-refractivity contribution >= 4 is 40.6 Å². The summed E-state index contributed by atoms with van der Waals surface area (Å²) in [6.07, 6.45) is 0. The van der Waals surface area contributed by atoms with Crippen molar-refractivity contribution < 1.29 is 19.0 Å². The molecule has 1 heterocycles. The third kappa shape index (κ3) is 4.31. The van der Waals surface area contributed by atoms with Crippen LogP contribution in [-0.2, 0) is 9.53 Å². The summed E-state index contributed by atoms with van der Waals surface area (Å²) in [5, 5.41) is 7.04. The van der Waals surface area contributed by atoms with Crippen LogP contribution in [0, 0.1) is 0 Å². The van der Waals surface area contributed by atoms with Gasteiger partial charge in [0.2, 0.25) is 0 Å². The van der Waals surface area contributed by atoms with Crippen LogP contribution in [0.15, 0.2) is 48.0 Å². The first kappa shape index (κ1) is 21.0. The maximum atomic E-state index is 13.0. The highest BCUT2D eigenvalue weighted by Crippen LogP contribution is 2.42. The van der Waals surface area contributed by atoms with Crippen LogP contribution >= 0.6 is 23.8 Å². The van der Waals surface area contributed by atoms with Gasteiger partial charge >= 0.3 is 5.97 Å². The number of hydrogen-bond acceptors (Lipinski definition) is 5. The van der Waals surface area contributed by atoms with E-state index < -0.39 is 12.0 Å². The molecule has 0 saturated carbocycles. The Morgan fingerprint density at radius 3 is 2.52 bits per heavy atom. The Morgan fingerprint density at radius 1 is 1.17 bits per heavy atom. The fraction of sp³-hybridized carbons (Fsp3) is 0.238. The minimum Gasteiger partial charge on any atom is -0.493 e. The Hall–Kier alpha value is -2.77. The van der Waals surface area contributed by atoms with Crippen LogP contribution in [0.3, 0.4) is 0 Å². The summed E-state index contributed by atoms with van der Waals surface area (Å²) in [5.41, 5.74) is 2.35. The minimum atomic E-state index is -0.652. The number of benzene rings is 2. The molecule has 2 aromatic rings. The molecule has 3 rings (SSSR count). The molecule has 0 aromatic heterocycles. The molecule has 29 heavy (non-hydrogen) atoms. The molecule has 1 aliphatic rings. The van der Waals surface area contributed by atoms with Crippen LogP contribution < -0.4 is 20.1 Å². The zero-order valence-electron chi connectivity index (χ0n) is 16.2. The predicted octanol–water partition coefficient (Wildman–Crippen LogP) is 3.85. The van der Waals surface area contributed by atoms with Crippen LogP contribution in [0.2, 0.25) is 5.02 Å². The van der Waals surface area contributed by atoms with Gasteiger partial charge in [-0.1, -0.05) is 41.9 Å². The van der Waals surface area contributed by atoms with E-state index >= 15 is 0 Å². The van der Waals surface area contributed by atoms with E-state index in [4.69, 9.17) is 38.0 Å². The number of hydrogen-bond donors (Lipinski definition) is 2. The van der Waals surface area contributed by atoms with Gasteiger partial charge in [0.15, 0.2) is 16.6 Å². The third-order valence-electron chi connectivity index (χ3n) is 4.41. The van der Waals surface area contributed by atoms with Gasteiger partial charge in [0, 0.05) is 16.7 Å². The van der Waals surface area contributed by atoms with Gasteiger partial charge in [-0.05, 0) is 30.8 Å². The highest BCUT2D eigenvalue weighted by atomic mass is 35.5. The van der Waals surface area contributed by atoms with Crippen molar-refractivity contribution in [3.63, 3.8) is 0 Å². The molecule has 8 heteroatoms. The normalized spacial score (nSPS) is 16.0. The molecular weight excluding hydrogens is 412 g/mol. The Bertz CT molecular complexity index is 963. The smallest absolute Gasteiger partial charge is 0.338 e. The first-order valence-corrected chi connectivity index (χ1v) is 9.74. The topological polar surface area (TPSA) is 68.8 Å². The van der Waals surface area contributed by atoms with E-state index in [1.807, 2.05) is 30.3 Å². The van der Waals surface area contributed by atoms with Crippen LogP contribution in [0.4, 0.5) is 0 Å². The molecule has 0 amide bonds. The standard InChI is InChI=1S/C21H21ClN2O4S/c1-4-28-20(25)16-17(12-8-6-5-7-9-12)23-21(29)24-18(16)14-10-13(22)11-15(26-2)19(14)27-3/h5-11,18H,4H2,1-3H3,(H2,23,24,29). The van der Waals surface area contributed by atoms with E-state index in [-0.39, 0.29) is 6.61 Å². The average molecular weight is 433 g/mol. The van der Waals surface area contributed by atoms with Gasteiger partial charge < -0.3 is 24.8 Å². The van der Waals surface area contributed by atoms with E-state index in [0.29, 0.717) is 38.5 Å². The highest BCUT2D eigenvalue weighted by Gasteiger charge is 2.35. The van der Waals surface area contributed by atoms with Gasteiger partial charge in [-0.3, -0.25) is 0 Å². The Kier molecular flexibility index (Phi) is 6.61. The number of carbonyl (C=O) groups excluding carboxylic acids is 1. The molecule has 0 aliphatic carbocycles. The second-order valence-corrected chi connectivity index (χ2v) is 6.98. The Labute approximate surface area is 179 Å². The first-order valence-electron chi connectivity index (χ1n) is 8.95. The maximum Gasteiger partial charge on any atom is 0.338 e. The summed E-state index contributed by atoms with van der Waals surface area (Å²) in [4.78, 5) is 13.0. The van der Waals surface area contributed by atoms with Crippen molar-refractivity contribution in [2.24, 2.45) is 0 Å². The Balaban J connectivity index is 2.28.